The minimum Gasteiger partial charge on any atom is -0.306 e. The van der Waals surface area contributed by atoms with Gasteiger partial charge in [0.1, 0.15) is 0 Å². The van der Waals surface area contributed by atoms with Crippen LogP contribution in [0.5, 0.6) is 0 Å². The Labute approximate surface area is 152 Å². The van der Waals surface area contributed by atoms with E-state index >= 15 is 0 Å². The summed E-state index contributed by atoms with van der Waals surface area (Å²) in [5, 5.41) is 0. The Kier molecular flexibility index (Phi) is 3.72. The van der Waals surface area contributed by atoms with Gasteiger partial charge < -0.3 is 4.98 Å². The molecule has 2 aromatic carbocycles. The highest BCUT2D eigenvalue weighted by Crippen LogP contribution is 2.41. The second kappa shape index (κ2) is 5.84. The van der Waals surface area contributed by atoms with Crippen LogP contribution in [0.2, 0.25) is 0 Å². The predicted octanol–water partition coefficient (Wildman–Crippen LogP) is 3.73. The van der Waals surface area contributed by atoms with Crippen LogP contribution < -0.4 is 11.2 Å². The van der Waals surface area contributed by atoms with Gasteiger partial charge >= 0.3 is 5.69 Å². The number of rotatable bonds is 2. The molecular weight excluding hydrogens is 324 g/mol. The summed E-state index contributed by atoms with van der Waals surface area (Å²) in [4.78, 5) is 29.3. The SMILES string of the molecule is CC[C@@]1(C)Cc2ccccc2-c2[nH]c(=O)n(-c3ccc(C)cc3)c(=O)c21. The normalized spacial score (nSPS) is 18.3. The molecule has 0 saturated carbocycles. The van der Waals surface area contributed by atoms with Crippen molar-refractivity contribution in [3.63, 3.8) is 0 Å². The van der Waals surface area contributed by atoms with E-state index in [9.17, 15) is 9.59 Å². The lowest BCUT2D eigenvalue weighted by atomic mass is 9.69. The van der Waals surface area contributed by atoms with Crippen LogP contribution in [0.3, 0.4) is 0 Å². The molecular formula is C22H22N2O2. The minimum absolute atomic E-state index is 0.216. The maximum Gasteiger partial charge on any atom is 0.333 e. The summed E-state index contributed by atoms with van der Waals surface area (Å²) in [6.45, 7) is 6.19. The van der Waals surface area contributed by atoms with Gasteiger partial charge in [0.2, 0.25) is 0 Å². The lowest BCUT2D eigenvalue weighted by Gasteiger charge is -2.35. The fourth-order valence-corrected chi connectivity index (χ4v) is 3.96. The second-order valence-electron chi connectivity index (χ2n) is 7.40. The molecule has 1 aliphatic rings. The van der Waals surface area contributed by atoms with Gasteiger partial charge in [-0.1, -0.05) is 55.8 Å². The Hall–Kier alpha value is -2.88. The van der Waals surface area contributed by atoms with Crippen molar-refractivity contribution < 1.29 is 0 Å². The number of nitrogens with one attached hydrogen (secondary N) is 1. The number of nitrogens with zero attached hydrogens (tertiary/aromatic N) is 1. The molecule has 4 heteroatoms. The summed E-state index contributed by atoms with van der Waals surface area (Å²) >= 11 is 0. The Bertz CT molecular complexity index is 1110. The highest BCUT2D eigenvalue weighted by Gasteiger charge is 2.37. The topological polar surface area (TPSA) is 54.9 Å². The van der Waals surface area contributed by atoms with E-state index in [-0.39, 0.29) is 11.0 Å². The average molecular weight is 346 g/mol. The Morgan fingerprint density at radius 1 is 1.08 bits per heavy atom. The van der Waals surface area contributed by atoms with Crippen LogP contribution in [-0.2, 0) is 11.8 Å². The van der Waals surface area contributed by atoms with Crippen LogP contribution in [0.15, 0.2) is 58.1 Å². The van der Waals surface area contributed by atoms with Crippen molar-refractivity contribution in [1.82, 2.24) is 9.55 Å². The largest absolute Gasteiger partial charge is 0.333 e. The molecule has 0 fully saturated rings. The van der Waals surface area contributed by atoms with Gasteiger partial charge in [-0.3, -0.25) is 4.79 Å². The smallest absolute Gasteiger partial charge is 0.306 e. The maximum absolute atomic E-state index is 13.4. The lowest BCUT2D eigenvalue weighted by Crippen LogP contribution is -2.44. The van der Waals surface area contributed by atoms with Crippen LogP contribution in [0.4, 0.5) is 0 Å². The molecule has 4 nitrogen and oxygen atoms in total. The standard InChI is InChI=1S/C22H22N2O2/c1-4-22(3)13-15-7-5-6-8-17(15)19-18(22)20(25)24(21(26)23-19)16-11-9-14(2)10-12-16/h5-12H,4,13H2,1-3H3,(H,23,26)/t22-/m0/s1. The molecule has 0 bridgehead atoms. The van der Waals surface area contributed by atoms with E-state index in [2.05, 4.69) is 24.9 Å². The first-order valence-corrected chi connectivity index (χ1v) is 9.00. The van der Waals surface area contributed by atoms with Crippen molar-refractivity contribution >= 4 is 0 Å². The van der Waals surface area contributed by atoms with E-state index in [0.717, 1.165) is 24.0 Å². The van der Waals surface area contributed by atoms with Gasteiger partial charge in [0.25, 0.3) is 5.56 Å². The number of hydrogen-bond donors (Lipinski definition) is 1. The highest BCUT2D eigenvalue weighted by atomic mass is 16.2. The van der Waals surface area contributed by atoms with E-state index in [1.807, 2.05) is 49.4 Å². The average Bonchev–Trinajstić information content (AvgIpc) is 2.63. The number of hydrogen-bond acceptors (Lipinski definition) is 2. The molecule has 1 N–H and O–H groups in total. The number of aryl methyl sites for hydroxylation is 1. The Morgan fingerprint density at radius 3 is 2.46 bits per heavy atom. The van der Waals surface area contributed by atoms with Gasteiger partial charge in [-0.25, -0.2) is 9.36 Å². The molecule has 1 aromatic heterocycles. The van der Waals surface area contributed by atoms with Gasteiger partial charge in [0.15, 0.2) is 0 Å². The van der Waals surface area contributed by atoms with Crippen LogP contribution >= 0.6 is 0 Å². The number of aromatic nitrogens is 2. The first-order valence-electron chi connectivity index (χ1n) is 9.00. The molecule has 0 saturated heterocycles. The zero-order chi connectivity index (χ0) is 18.5. The van der Waals surface area contributed by atoms with Crippen molar-refractivity contribution in [2.24, 2.45) is 0 Å². The summed E-state index contributed by atoms with van der Waals surface area (Å²) in [6, 6.07) is 15.5. The molecule has 26 heavy (non-hydrogen) atoms. The molecule has 3 aromatic rings. The third-order valence-corrected chi connectivity index (χ3v) is 5.65. The number of H-pyrrole nitrogens is 1. The summed E-state index contributed by atoms with van der Waals surface area (Å²) in [6.07, 6.45) is 1.62. The predicted molar refractivity (Wildman–Crippen MR) is 104 cm³/mol. The number of benzene rings is 2. The van der Waals surface area contributed by atoms with Gasteiger partial charge in [-0.2, -0.15) is 0 Å². The van der Waals surface area contributed by atoms with Crippen LogP contribution in [-0.4, -0.2) is 9.55 Å². The molecule has 0 radical (unpaired) electrons. The van der Waals surface area contributed by atoms with Crippen LogP contribution in [0.1, 0.15) is 37.0 Å². The van der Waals surface area contributed by atoms with E-state index in [1.165, 1.54) is 10.1 Å². The molecule has 0 spiro atoms. The molecule has 1 aliphatic carbocycles. The summed E-state index contributed by atoms with van der Waals surface area (Å²) < 4.78 is 1.26. The summed E-state index contributed by atoms with van der Waals surface area (Å²) in [5.41, 5.74) is 4.28. The quantitative estimate of drug-likeness (QED) is 0.769. The van der Waals surface area contributed by atoms with E-state index in [0.29, 0.717) is 16.9 Å². The van der Waals surface area contributed by atoms with Crippen molar-refractivity contribution in [2.45, 2.75) is 39.0 Å². The zero-order valence-electron chi connectivity index (χ0n) is 15.3. The zero-order valence-corrected chi connectivity index (χ0v) is 15.3. The first kappa shape index (κ1) is 16.6. The Morgan fingerprint density at radius 2 is 1.77 bits per heavy atom. The van der Waals surface area contributed by atoms with Crippen LogP contribution in [0.25, 0.3) is 16.9 Å². The molecule has 1 heterocycles. The first-order chi connectivity index (χ1) is 12.4. The highest BCUT2D eigenvalue weighted by molar-refractivity contribution is 5.71. The molecule has 0 unspecified atom stereocenters. The van der Waals surface area contributed by atoms with Crippen molar-refractivity contribution in [3.05, 3.63) is 86.1 Å². The third-order valence-electron chi connectivity index (χ3n) is 5.65. The lowest BCUT2D eigenvalue weighted by molar-refractivity contribution is 0.437. The molecule has 0 aliphatic heterocycles. The van der Waals surface area contributed by atoms with Gasteiger partial charge in [0.05, 0.1) is 11.4 Å². The van der Waals surface area contributed by atoms with E-state index < -0.39 is 5.69 Å². The third kappa shape index (κ3) is 2.37. The number of aromatic amines is 1. The molecule has 132 valence electrons. The minimum atomic E-state index is -0.396. The van der Waals surface area contributed by atoms with Crippen LogP contribution in [0, 0.1) is 6.92 Å². The van der Waals surface area contributed by atoms with E-state index in [4.69, 9.17) is 0 Å². The molecule has 1 atom stereocenters. The fraction of sp³-hybridized carbons (Fsp3) is 0.273. The maximum atomic E-state index is 13.4. The van der Waals surface area contributed by atoms with Gasteiger partial charge in [-0.15, -0.1) is 0 Å². The number of fused-ring (bicyclic) bond motifs is 3. The van der Waals surface area contributed by atoms with Gasteiger partial charge in [-0.05, 0) is 37.5 Å². The Balaban J connectivity index is 2.08. The van der Waals surface area contributed by atoms with Crippen molar-refractivity contribution in [3.8, 4) is 16.9 Å². The van der Waals surface area contributed by atoms with E-state index in [1.54, 1.807) is 0 Å². The molecule has 4 rings (SSSR count). The van der Waals surface area contributed by atoms with Crippen molar-refractivity contribution in [2.75, 3.05) is 0 Å². The van der Waals surface area contributed by atoms with Crippen molar-refractivity contribution in [1.29, 1.82) is 0 Å². The van der Waals surface area contributed by atoms with Gasteiger partial charge in [0, 0.05) is 16.5 Å². The fourth-order valence-electron chi connectivity index (χ4n) is 3.96. The summed E-state index contributed by atoms with van der Waals surface area (Å²) in [5.74, 6) is 0. The monoisotopic (exact) mass is 346 g/mol. The second-order valence-corrected chi connectivity index (χ2v) is 7.40. The summed E-state index contributed by atoms with van der Waals surface area (Å²) in [7, 11) is 0. The molecule has 0 amide bonds.